The molecule has 1 amide bonds. The minimum atomic E-state index is 0.0117. The molecule has 0 radical (unpaired) electrons. The predicted octanol–water partition coefficient (Wildman–Crippen LogP) is 3.31. The number of hydrogen-bond donors (Lipinski definition) is 0. The van der Waals surface area contributed by atoms with Crippen molar-refractivity contribution in [1.29, 1.82) is 0 Å². The molecule has 1 fully saturated rings. The molecule has 3 heterocycles. The summed E-state index contributed by atoms with van der Waals surface area (Å²) in [4.78, 5) is 25.7. The number of nitrogens with zero attached hydrogens (tertiary/aromatic N) is 5. The van der Waals surface area contributed by atoms with Crippen LogP contribution in [-0.2, 0) is 13.1 Å². The molecule has 6 nitrogen and oxygen atoms in total. The smallest absolute Gasteiger partial charge is 0.253 e. The van der Waals surface area contributed by atoms with Gasteiger partial charge < -0.3 is 9.47 Å². The van der Waals surface area contributed by atoms with E-state index in [1.807, 2.05) is 48.3 Å². The molecule has 0 aliphatic carbocycles. The fourth-order valence-electron chi connectivity index (χ4n) is 3.71. The highest BCUT2D eigenvalue weighted by atomic mass is 16.2. The number of carbonyl (C=O) groups excluding carboxylic acids is 1. The lowest BCUT2D eigenvalue weighted by atomic mass is 10.1. The summed E-state index contributed by atoms with van der Waals surface area (Å²) in [5.74, 6) is 0.0117. The molecule has 1 aliphatic rings. The summed E-state index contributed by atoms with van der Waals surface area (Å²) in [5.41, 5.74) is 3.78. The molecule has 4 rings (SSSR count). The summed E-state index contributed by atoms with van der Waals surface area (Å²) in [7, 11) is 1.83. The van der Waals surface area contributed by atoms with Gasteiger partial charge in [0.15, 0.2) is 0 Å². The van der Waals surface area contributed by atoms with Crippen LogP contribution in [0.4, 0.5) is 0 Å². The molecule has 0 spiro atoms. The van der Waals surface area contributed by atoms with Crippen molar-refractivity contribution in [3.8, 4) is 11.3 Å². The quantitative estimate of drug-likeness (QED) is 0.622. The molecule has 1 aromatic carbocycles. The van der Waals surface area contributed by atoms with Crippen LogP contribution in [-0.4, -0.2) is 56.9 Å². The Labute approximate surface area is 171 Å². The summed E-state index contributed by atoms with van der Waals surface area (Å²) >= 11 is 0. The standard InChI is InChI=1S/C23H27N5O/c1-26(13-14-28-12-9-24-18-28)23(29)21-6-4-5-20(15-21)22-8-7-19(16-25-22)17-27-10-2-3-11-27/h4-9,12,15-16,18H,2-3,10-11,13-14,17H2,1H3. The van der Waals surface area contributed by atoms with Crippen LogP contribution >= 0.6 is 0 Å². The number of likely N-dealkylation sites (N-methyl/N-ethyl adjacent to an activating group) is 1. The summed E-state index contributed by atoms with van der Waals surface area (Å²) in [6.45, 7) is 4.68. The highest BCUT2D eigenvalue weighted by Gasteiger charge is 2.14. The van der Waals surface area contributed by atoms with Gasteiger partial charge in [0.25, 0.3) is 5.91 Å². The molecule has 1 aliphatic heterocycles. The lowest BCUT2D eigenvalue weighted by molar-refractivity contribution is 0.0790. The Kier molecular flexibility index (Phi) is 6.00. The third kappa shape index (κ3) is 4.90. The zero-order chi connectivity index (χ0) is 20.1. The van der Waals surface area contributed by atoms with Crippen LogP contribution in [0.5, 0.6) is 0 Å². The highest BCUT2D eigenvalue weighted by molar-refractivity contribution is 5.95. The second-order valence-corrected chi connectivity index (χ2v) is 7.64. The van der Waals surface area contributed by atoms with E-state index >= 15 is 0 Å². The minimum absolute atomic E-state index is 0.0117. The SMILES string of the molecule is CN(CCn1ccnc1)C(=O)c1cccc(-c2ccc(CN3CCCC3)cn2)c1. The first-order valence-corrected chi connectivity index (χ1v) is 10.2. The zero-order valence-corrected chi connectivity index (χ0v) is 16.9. The summed E-state index contributed by atoms with van der Waals surface area (Å²) < 4.78 is 1.97. The number of benzene rings is 1. The summed E-state index contributed by atoms with van der Waals surface area (Å²) in [6.07, 6.45) is 9.95. The average molecular weight is 390 g/mol. The first kappa shape index (κ1) is 19.3. The number of likely N-dealkylation sites (tertiary alicyclic amines) is 1. The van der Waals surface area contributed by atoms with Gasteiger partial charge in [0, 0.05) is 56.4 Å². The van der Waals surface area contributed by atoms with E-state index in [1.165, 1.54) is 31.5 Å². The second-order valence-electron chi connectivity index (χ2n) is 7.64. The van der Waals surface area contributed by atoms with E-state index in [2.05, 4.69) is 27.0 Å². The highest BCUT2D eigenvalue weighted by Crippen LogP contribution is 2.20. The molecule has 2 aromatic heterocycles. The molecule has 29 heavy (non-hydrogen) atoms. The van der Waals surface area contributed by atoms with Gasteiger partial charge in [-0.15, -0.1) is 0 Å². The average Bonchev–Trinajstić information content (AvgIpc) is 3.46. The zero-order valence-electron chi connectivity index (χ0n) is 16.9. The summed E-state index contributed by atoms with van der Waals surface area (Å²) in [5, 5.41) is 0. The van der Waals surface area contributed by atoms with E-state index in [1.54, 1.807) is 17.4 Å². The summed E-state index contributed by atoms with van der Waals surface area (Å²) in [6, 6.07) is 11.9. The Morgan fingerprint density at radius 1 is 1.17 bits per heavy atom. The molecule has 0 N–H and O–H groups in total. The van der Waals surface area contributed by atoms with Gasteiger partial charge in [-0.25, -0.2) is 4.98 Å². The molecule has 0 atom stereocenters. The van der Waals surface area contributed by atoms with Crippen molar-refractivity contribution in [3.05, 3.63) is 72.4 Å². The van der Waals surface area contributed by atoms with Crippen molar-refractivity contribution in [2.24, 2.45) is 0 Å². The van der Waals surface area contributed by atoms with Crippen molar-refractivity contribution in [2.45, 2.75) is 25.9 Å². The van der Waals surface area contributed by atoms with Crippen molar-refractivity contribution in [2.75, 3.05) is 26.7 Å². The number of hydrogen-bond acceptors (Lipinski definition) is 4. The topological polar surface area (TPSA) is 54.3 Å². The van der Waals surface area contributed by atoms with Crippen LogP contribution in [0.15, 0.2) is 61.3 Å². The van der Waals surface area contributed by atoms with E-state index in [0.717, 1.165) is 24.3 Å². The molecule has 0 bridgehead atoms. The molecule has 0 saturated carbocycles. The van der Waals surface area contributed by atoms with Crippen molar-refractivity contribution in [3.63, 3.8) is 0 Å². The van der Waals surface area contributed by atoms with Gasteiger partial charge in [-0.05, 0) is 49.7 Å². The maximum Gasteiger partial charge on any atom is 0.253 e. The number of rotatable bonds is 7. The van der Waals surface area contributed by atoms with Gasteiger partial charge >= 0.3 is 0 Å². The largest absolute Gasteiger partial charge is 0.340 e. The Balaban J connectivity index is 1.41. The maximum absolute atomic E-state index is 12.8. The number of carbonyl (C=O) groups is 1. The van der Waals surface area contributed by atoms with Crippen LogP contribution in [0, 0.1) is 0 Å². The molecular formula is C23H27N5O. The van der Waals surface area contributed by atoms with Gasteiger partial charge in [0.1, 0.15) is 0 Å². The van der Waals surface area contributed by atoms with Gasteiger partial charge in [-0.2, -0.15) is 0 Å². The third-order valence-electron chi connectivity index (χ3n) is 5.43. The van der Waals surface area contributed by atoms with Crippen molar-refractivity contribution >= 4 is 5.91 Å². The van der Waals surface area contributed by atoms with Crippen LogP contribution in [0.3, 0.4) is 0 Å². The Morgan fingerprint density at radius 3 is 2.76 bits per heavy atom. The maximum atomic E-state index is 12.8. The van der Waals surface area contributed by atoms with E-state index in [9.17, 15) is 4.79 Å². The molecule has 6 heteroatoms. The Bertz CT molecular complexity index is 930. The number of imidazole rings is 1. The number of aromatic nitrogens is 3. The van der Waals surface area contributed by atoms with Gasteiger partial charge in [-0.1, -0.05) is 18.2 Å². The molecular weight excluding hydrogens is 362 g/mol. The van der Waals surface area contributed by atoms with E-state index in [4.69, 9.17) is 0 Å². The fourth-order valence-corrected chi connectivity index (χ4v) is 3.71. The van der Waals surface area contributed by atoms with E-state index < -0.39 is 0 Å². The molecule has 1 saturated heterocycles. The third-order valence-corrected chi connectivity index (χ3v) is 5.43. The first-order chi connectivity index (χ1) is 14.2. The minimum Gasteiger partial charge on any atom is -0.340 e. The van der Waals surface area contributed by atoms with E-state index in [-0.39, 0.29) is 5.91 Å². The number of amides is 1. The second kappa shape index (κ2) is 9.01. The van der Waals surface area contributed by atoms with Crippen LogP contribution in [0.25, 0.3) is 11.3 Å². The first-order valence-electron chi connectivity index (χ1n) is 10.2. The molecule has 3 aromatic rings. The van der Waals surface area contributed by atoms with E-state index in [0.29, 0.717) is 12.1 Å². The lowest BCUT2D eigenvalue weighted by Crippen LogP contribution is -2.29. The van der Waals surface area contributed by atoms with Gasteiger partial charge in [0.05, 0.1) is 12.0 Å². The molecule has 150 valence electrons. The van der Waals surface area contributed by atoms with Crippen LogP contribution in [0.1, 0.15) is 28.8 Å². The van der Waals surface area contributed by atoms with Gasteiger partial charge in [0.2, 0.25) is 0 Å². The monoisotopic (exact) mass is 389 g/mol. The van der Waals surface area contributed by atoms with Crippen LogP contribution < -0.4 is 0 Å². The van der Waals surface area contributed by atoms with Gasteiger partial charge in [-0.3, -0.25) is 14.7 Å². The molecule has 0 unspecified atom stereocenters. The Morgan fingerprint density at radius 2 is 2.03 bits per heavy atom. The normalized spacial score (nSPS) is 14.2. The lowest BCUT2D eigenvalue weighted by Gasteiger charge is -2.18. The van der Waals surface area contributed by atoms with Crippen molar-refractivity contribution < 1.29 is 4.79 Å². The van der Waals surface area contributed by atoms with Crippen LogP contribution in [0.2, 0.25) is 0 Å². The van der Waals surface area contributed by atoms with Crippen molar-refractivity contribution in [1.82, 2.24) is 24.3 Å². The predicted molar refractivity (Wildman–Crippen MR) is 113 cm³/mol. The fraction of sp³-hybridized carbons (Fsp3) is 0.348. The number of pyridine rings is 1. The Hall–Kier alpha value is -2.99.